The SMILES string of the molecule is C=C(NCCCC(=O)C(CC(C)(C)C)C(C)C)OC1C2CC3C1OS(=O)(=O)C3C2. The Hall–Kier alpha value is -1.08. The molecule has 0 aromatic carbocycles. The smallest absolute Gasteiger partial charge is 0.271 e. The van der Waals surface area contributed by atoms with Crippen LogP contribution in [0.1, 0.15) is 66.7 Å². The number of ether oxygens (including phenoxy) is 1. The minimum Gasteiger partial charge on any atom is -0.473 e. The van der Waals surface area contributed by atoms with Crippen LogP contribution in [-0.2, 0) is 23.8 Å². The Kier molecular flexibility index (Phi) is 6.40. The summed E-state index contributed by atoms with van der Waals surface area (Å²) in [6.07, 6.45) is 3.04. The Bertz CT molecular complexity index is 739. The largest absolute Gasteiger partial charge is 0.473 e. The van der Waals surface area contributed by atoms with Crippen LogP contribution in [-0.4, -0.2) is 38.2 Å². The van der Waals surface area contributed by atoms with Crippen molar-refractivity contribution in [1.82, 2.24) is 5.32 Å². The summed E-state index contributed by atoms with van der Waals surface area (Å²) >= 11 is 0. The van der Waals surface area contributed by atoms with Gasteiger partial charge in [0.25, 0.3) is 10.1 Å². The van der Waals surface area contributed by atoms with E-state index in [0.29, 0.717) is 37.0 Å². The van der Waals surface area contributed by atoms with E-state index in [2.05, 4.69) is 46.5 Å². The molecule has 0 spiro atoms. The van der Waals surface area contributed by atoms with Crippen LogP contribution in [0.5, 0.6) is 0 Å². The quantitative estimate of drug-likeness (QED) is 0.326. The van der Waals surface area contributed by atoms with Crippen molar-refractivity contribution in [1.29, 1.82) is 0 Å². The number of hydrogen-bond acceptors (Lipinski definition) is 6. The molecule has 166 valence electrons. The van der Waals surface area contributed by atoms with Crippen molar-refractivity contribution in [3.05, 3.63) is 12.5 Å². The fourth-order valence-electron chi connectivity index (χ4n) is 5.31. The van der Waals surface area contributed by atoms with E-state index in [1.54, 1.807) is 0 Å². The highest BCUT2D eigenvalue weighted by Gasteiger charge is 2.65. The van der Waals surface area contributed by atoms with Gasteiger partial charge in [-0.15, -0.1) is 0 Å². The van der Waals surface area contributed by atoms with E-state index in [4.69, 9.17) is 8.92 Å². The third kappa shape index (κ3) is 4.98. The summed E-state index contributed by atoms with van der Waals surface area (Å²) in [6, 6.07) is 0. The molecule has 0 radical (unpaired) electrons. The lowest BCUT2D eigenvalue weighted by Crippen LogP contribution is -2.37. The molecule has 6 atom stereocenters. The van der Waals surface area contributed by atoms with Gasteiger partial charge in [-0.3, -0.25) is 8.98 Å². The van der Waals surface area contributed by atoms with Gasteiger partial charge in [-0.25, -0.2) is 0 Å². The van der Waals surface area contributed by atoms with E-state index in [0.717, 1.165) is 19.3 Å². The van der Waals surface area contributed by atoms with Crippen molar-refractivity contribution in [2.45, 2.75) is 84.2 Å². The lowest BCUT2D eigenvalue weighted by Gasteiger charge is -2.28. The van der Waals surface area contributed by atoms with Gasteiger partial charge in [0.1, 0.15) is 18.0 Å². The van der Waals surface area contributed by atoms with Gasteiger partial charge < -0.3 is 10.1 Å². The number of Topliss-reactive ketones (excluding diaryl/α,β-unsaturated/α-hetero) is 1. The molecule has 7 heteroatoms. The second-order valence-electron chi connectivity index (χ2n) is 10.6. The number of carbonyl (C=O) groups excluding carboxylic acids is 1. The van der Waals surface area contributed by atoms with E-state index < -0.39 is 10.1 Å². The van der Waals surface area contributed by atoms with Crippen LogP contribution < -0.4 is 5.32 Å². The molecule has 1 N–H and O–H groups in total. The molecule has 1 aliphatic heterocycles. The first-order chi connectivity index (χ1) is 13.4. The van der Waals surface area contributed by atoms with Crippen LogP contribution in [0, 0.1) is 29.1 Å². The maximum Gasteiger partial charge on any atom is 0.271 e. The average molecular weight is 428 g/mol. The van der Waals surface area contributed by atoms with Gasteiger partial charge in [-0.05, 0) is 43.6 Å². The van der Waals surface area contributed by atoms with Gasteiger partial charge in [0.15, 0.2) is 5.88 Å². The lowest BCUT2D eigenvalue weighted by atomic mass is 9.77. The molecule has 2 saturated carbocycles. The number of carbonyl (C=O) groups is 1. The molecule has 2 bridgehead atoms. The molecule has 0 amide bonds. The molecule has 3 rings (SSSR count). The number of fused-ring (bicyclic) bond motifs is 1. The molecule has 1 heterocycles. The first-order valence-corrected chi connectivity index (χ1v) is 12.4. The summed E-state index contributed by atoms with van der Waals surface area (Å²) in [7, 11) is -3.43. The number of rotatable bonds is 10. The summed E-state index contributed by atoms with van der Waals surface area (Å²) in [5.74, 6) is 1.49. The third-order valence-corrected chi connectivity index (χ3v) is 8.44. The van der Waals surface area contributed by atoms with Gasteiger partial charge in [0.2, 0.25) is 0 Å². The van der Waals surface area contributed by atoms with Crippen molar-refractivity contribution in [2.24, 2.45) is 29.1 Å². The molecule has 3 fully saturated rings. The molecule has 0 aromatic rings. The maximum atomic E-state index is 12.7. The van der Waals surface area contributed by atoms with Crippen molar-refractivity contribution < 1.29 is 22.1 Å². The number of ketones is 1. The van der Waals surface area contributed by atoms with Crippen LogP contribution in [0.25, 0.3) is 0 Å². The Labute approximate surface area is 175 Å². The Morgan fingerprint density at radius 1 is 1.28 bits per heavy atom. The van der Waals surface area contributed by atoms with E-state index in [1.807, 2.05) is 0 Å². The van der Waals surface area contributed by atoms with Gasteiger partial charge in [0.05, 0.1) is 5.25 Å². The summed E-state index contributed by atoms with van der Waals surface area (Å²) in [5, 5.41) is 2.80. The molecular weight excluding hydrogens is 390 g/mol. The molecule has 29 heavy (non-hydrogen) atoms. The lowest BCUT2D eigenvalue weighted by molar-refractivity contribution is -0.125. The number of hydrogen-bond donors (Lipinski definition) is 1. The van der Waals surface area contributed by atoms with E-state index in [-0.39, 0.29) is 40.6 Å². The molecule has 3 aliphatic rings. The third-order valence-electron chi connectivity index (χ3n) is 6.66. The standard InChI is InChI=1S/C22H37NO5S/c1-13(2)17(12-22(4,5)6)18(24)8-7-9-23-14(3)27-20-15-10-16-19(11-15)29(25,26)28-21(16)20/h13,15-17,19-21,23H,3,7-12H2,1-2,4-6H3. The van der Waals surface area contributed by atoms with Gasteiger partial charge >= 0.3 is 0 Å². The summed E-state index contributed by atoms with van der Waals surface area (Å²) in [4.78, 5) is 12.7. The Morgan fingerprint density at radius 2 is 1.97 bits per heavy atom. The zero-order valence-corrected chi connectivity index (χ0v) is 19.3. The molecule has 0 aromatic heterocycles. The van der Waals surface area contributed by atoms with Crippen molar-refractivity contribution >= 4 is 15.9 Å². The predicted octanol–water partition coefficient (Wildman–Crippen LogP) is 3.63. The highest BCUT2D eigenvalue weighted by atomic mass is 32.2. The van der Waals surface area contributed by atoms with Crippen LogP contribution in [0.3, 0.4) is 0 Å². The highest BCUT2D eigenvalue weighted by molar-refractivity contribution is 7.87. The second kappa shape index (κ2) is 8.22. The predicted molar refractivity (Wildman–Crippen MR) is 112 cm³/mol. The fraction of sp³-hybridized carbons (Fsp3) is 0.864. The van der Waals surface area contributed by atoms with E-state index in [9.17, 15) is 13.2 Å². The molecule has 2 aliphatic carbocycles. The maximum absolute atomic E-state index is 12.7. The van der Waals surface area contributed by atoms with Crippen molar-refractivity contribution in [3.8, 4) is 0 Å². The van der Waals surface area contributed by atoms with Crippen LogP contribution in [0.2, 0.25) is 0 Å². The summed E-state index contributed by atoms with van der Waals surface area (Å²) in [6.45, 7) is 15.3. The topological polar surface area (TPSA) is 81.7 Å². The molecule has 6 unspecified atom stereocenters. The molecular formula is C22H37NO5S. The fourth-order valence-corrected chi connectivity index (χ4v) is 7.19. The second-order valence-corrected chi connectivity index (χ2v) is 12.4. The first-order valence-electron chi connectivity index (χ1n) is 10.9. The normalized spacial score (nSPS) is 33.1. The van der Waals surface area contributed by atoms with Crippen molar-refractivity contribution in [2.75, 3.05) is 6.54 Å². The van der Waals surface area contributed by atoms with Gasteiger partial charge in [0, 0.05) is 30.7 Å². The van der Waals surface area contributed by atoms with E-state index >= 15 is 0 Å². The van der Waals surface area contributed by atoms with Crippen LogP contribution in [0.4, 0.5) is 0 Å². The monoisotopic (exact) mass is 427 g/mol. The van der Waals surface area contributed by atoms with E-state index in [1.165, 1.54) is 0 Å². The van der Waals surface area contributed by atoms with Crippen molar-refractivity contribution in [3.63, 3.8) is 0 Å². The zero-order valence-electron chi connectivity index (χ0n) is 18.4. The Balaban J connectivity index is 1.40. The minimum absolute atomic E-state index is 0.0659. The minimum atomic E-state index is -3.43. The highest BCUT2D eigenvalue weighted by Crippen LogP contribution is 2.55. The zero-order chi connectivity index (χ0) is 21.6. The number of nitrogens with one attached hydrogen (secondary N) is 1. The summed E-state index contributed by atoms with van der Waals surface area (Å²) in [5.41, 5.74) is 0.139. The average Bonchev–Trinajstić information content (AvgIpc) is 3.20. The Morgan fingerprint density at radius 3 is 2.59 bits per heavy atom. The molecule has 1 saturated heterocycles. The van der Waals surface area contributed by atoms with Crippen LogP contribution in [0.15, 0.2) is 12.5 Å². The first kappa shape index (κ1) is 22.6. The van der Waals surface area contributed by atoms with Gasteiger partial charge in [-0.2, -0.15) is 8.42 Å². The van der Waals surface area contributed by atoms with Crippen LogP contribution >= 0.6 is 0 Å². The van der Waals surface area contributed by atoms with Gasteiger partial charge in [-0.1, -0.05) is 34.6 Å². The summed E-state index contributed by atoms with van der Waals surface area (Å²) < 4.78 is 35.3. The molecule has 6 nitrogen and oxygen atoms in total.